The second kappa shape index (κ2) is 5.45. The van der Waals surface area contributed by atoms with Crippen molar-refractivity contribution in [3.63, 3.8) is 0 Å². The van der Waals surface area contributed by atoms with Gasteiger partial charge in [0.2, 0.25) is 0 Å². The predicted octanol–water partition coefficient (Wildman–Crippen LogP) is 2.46. The van der Waals surface area contributed by atoms with Crippen molar-refractivity contribution in [1.82, 2.24) is 4.98 Å². The summed E-state index contributed by atoms with van der Waals surface area (Å²) in [6.45, 7) is 2.10. The lowest BCUT2D eigenvalue weighted by molar-refractivity contribution is 0.951. The second-order valence-corrected chi connectivity index (χ2v) is 4.45. The Kier molecular flexibility index (Phi) is 3.72. The molecule has 92 valence electrons. The number of nitrogens with one attached hydrogen (secondary N) is 1. The number of benzene rings is 1. The van der Waals surface area contributed by atoms with Gasteiger partial charge in [-0.2, -0.15) is 0 Å². The van der Waals surface area contributed by atoms with E-state index >= 15 is 0 Å². The quantitative estimate of drug-likeness (QED) is 0.636. The van der Waals surface area contributed by atoms with Gasteiger partial charge in [-0.1, -0.05) is 29.8 Å². The van der Waals surface area contributed by atoms with Gasteiger partial charge in [0.1, 0.15) is 11.5 Å². The van der Waals surface area contributed by atoms with Crippen LogP contribution in [-0.4, -0.2) is 10.8 Å². The molecule has 0 aliphatic rings. The monoisotopic (exact) mass is 239 g/mol. The second-order valence-electron chi connectivity index (χ2n) is 4.45. The van der Waals surface area contributed by atoms with Gasteiger partial charge in [-0.15, -0.1) is 0 Å². The van der Waals surface area contributed by atoms with Crippen molar-refractivity contribution in [1.29, 1.82) is 5.41 Å². The Labute approximate surface area is 107 Å². The highest BCUT2D eigenvalue weighted by atomic mass is 14.8. The van der Waals surface area contributed by atoms with Gasteiger partial charge in [-0.25, -0.2) is 0 Å². The molecule has 1 heterocycles. The number of nitrogens with zero attached hydrogens (tertiary/aromatic N) is 1. The summed E-state index contributed by atoms with van der Waals surface area (Å²) in [5.41, 5.74) is 9.76. The van der Waals surface area contributed by atoms with Crippen LogP contribution in [0.3, 0.4) is 0 Å². The third-order valence-electron chi connectivity index (χ3n) is 2.89. The summed E-state index contributed by atoms with van der Waals surface area (Å²) in [7, 11) is 0. The van der Waals surface area contributed by atoms with Crippen LogP contribution in [0, 0.1) is 12.3 Å². The largest absolute Gasteiger partial charge is 0.382 e. The summed E-state index contributed by atoms with van der Waals surface area (Å²) in [5, 5.41) is 7.37. The zero-order chi connectivity index (χ0) is 13.0. The van der Waals surface area contributed by atoms with Crippen molar-refractivity contribution >= 4 is 5.84 Å². The van der Waals surface area contributed by atoms with Gasteiger partial charge in [-0.05, 0) is 43.0 Å². The zero-order valence-corrected chi connectivity index (χ0v) is 10.5. The maximum Gasteiger partial charge on any atom is 0.141 e. The number of aryl methyl sites for hydroxylation is 3. The SMILES string of the molecule is Cc1cccc(CCc2ccnc(C(=N)N)c2)c1. The van der Waals surface area contributed by atoms with Gasteiger partial charge in [0.25, 0.3) is 0 Å². The molecular formula is C15H17N3. The number of nitrogen functional groups attached to an aromatic ring is 1. The number of pyridine rings is 1. The smallest absolute Gasteiger partial charge is 0.141 e. The van der Waals surface area contributed by atoms with Crippen molar-refractivity contribution in [2.24, 2.45) is 5.73 Å². The molecule has 0 aliphatic heterocycles. The third-order valence-corrected chi connectivity index (χ3v) is 2.89. The van der Waals surface area contributed by atoms with E-state index in [-0.39, 0.29) is 5.84 Å². The lowest BCUT2D eigenvalue weighted by Gasteiger charge is -2.05. The van der Waals surface area contributed by atoms with Crippen molar-refractivity contribution in [3.8, 4) is 0 Å². The van der Waals surface area contributed by atoms with Crippen LogP contribution in [0.25, 0.3) is 0 Å². The molecule has 0 radical (unpaired) electrons. The first-order valence-corrected chi connectivity index (χ1v) is 6.00. The molecule has 0 aliphatic carbocycles. The van der Waals surface area contributed by atoms with Crippen molar-refractivity contribution in [2.75, 3.05) is 0 Å². The molecule has 3 N–H and O–H groups in total. The van der Waals surface area contributed by atoms with Crippen LogP contribution >= 0.6 is 0 Å². The van der Waals surface area contributed by atoms with Crippen LogP contribution in [0.4, 0.5) is 0 Å². The maximum absolute atomic E-state index is 7.37. The maximum atomic E-state index is 7.37. The van der Waals surface area contributed by atoms with E-state index in [2.05, 4.69) is 36.2 Å². The van der Waals surface area contributed by atoms with E-state index in [1.807, 2.05) is 12.1 Å². The minimum Gasteiger partial charge on any atom is -0.382 e. The molecule has 0 bridgehead atoms. The molecule has 2 aromatic rings. The molecule has 3 heteroatoms. The molecule has 0 atom stereocenters. The number of hydrogen-bond acceptors (Lipinski definition) is 2. The van der Waals surface area contributed by atoms with E-state index < -0.39 is 0 Å². The molecule has 0 saturated heterocycles. The van der Waals surface area contributed by atoms with Gasteiger partial charge in [0.05, 0.1) is 0 Å². The summed E-state index contributed by atoms with van der Waals surface area (Å²) in [4.78, 5) is 4.06. The lowest BCUT2D eigenvalue weighted by Crippen LogP contribution is -2.13. The Morgan fingerprint density at radius 1 is 1.17 bits per heavy atom. The molecule has 0 spiro atoms. The first-order chi connectivity index (χ1) is 8.65. The number of aromatic nitrogens is 1. The molecule has 0 fully saturated rings. The van der Waals surface area contributed by atoms with Crippen LogP contribution in [0.1, 0.15) is 22.4 Å². The molecule has 18 heavy (non-hydrogen) atoms. The summed E-state index contributed by atoms with van der Waals surface area (Å²) in [6.07, 6.45) is 3.64. The zero-order valence-electron chi connectivity index (χ0n) is 10.5. The van der Waals surface area contributed by atoms with Crippen LogP contribution in [0.2, 0.25) is 0 Å². The van der Waals surface area contributed by atoms with Crippen LogP contribution in [-0.2, 0) is 12.8 Å². The first kappa shape index (κ1) is 12.3. The Balaban J connectivity index is 2.06. The Bertz CT molecular complexity index is 561. The summed E-state index contributed by atoms with van der Waals surface area (Å²) in [6, 6.07) is 12.4. The standard InChI is InChI=1S/C15H17N3/c1-11-3-2-4-12(9-11)5-6-13-7-8-18-14(10-13)15(16)17/h2-4,7-10H,5-6H2,1H3,(H3,16,17). The summed E-state index contributed by atoms with van der Waals surface area (Å²) >= 11 is 0. The highest BCUT2D eigenvalue weighted by Gasteiger charge is 2.01. The Morgan fingerprint density at radius 2 is 1.89 bits per heavy atom. The number of hydrogen-bond donors (Lipinski definition) is 2. The fourth-order valence-corrected chi connectivity index (χ4v) is 1.93. The van der Waals surface area contributed by atoms with Gasteiger partial charge in [0, 0.05) is 6.20 Å². The van der Waals surface area contributed by atoms with Gasteiger partial charge < -0.3 is 5.73 Å². The predicted molar refractivity (Wildman–Crippen MR) is 73.8 cm³/mol. The van der Waals surface area contributed by atoms with E-state index in [4.69, 9.17) is 11.1 Å². The van der Waals surface area contributed by atoms with Gasteiger partial charge in [0.15, 0.2) is 0 Å². The van der Waals surface area contributed by atoms with Crippen LogP contribution < -0.4 is 5.73 Å². The lowest BCUT2D eigenvalue weighted by atomic mass is 10.0. The molecule has 1 aromatic carbocycles. The fourth-order valence-electron chi connectivity index (χ4n) is 1.93. The molecular weight excluding hydrogens is 222 g/mol. The van der Waals surface area contributed by atoms with E-state index in [1.165, 1.54) is 11.1 Å². The molecule has 2 rings (SSSR count). The molecule has 0 unspecified atom stereocenters. The molecule has 1 aromatic heterocycles. The highest BCUT2D eigenvalue weighted by molar-refractivity contribution is 5.93. The number of amidine groups is 1. The van der Waals surface area contributed by atoms with Gasteiger partial charge in [-0.3, -0.25) is 10.4 Å². The first-order valence-electron chi connectivity index (χ1n) is 6.00. The Morgan fingerprint density at radius 3 is 2.56 bits per heavy atom. The molecule has 0 saturated carbocycles. The van der Waals surface area contributed by atoms with E-state index in [0.29, 0.717) is 5.69 Å². The van der Waals surface area contributed by atoms with Crippen molar-refractivity contribution in [3.05, 3.63) is 65.0 Å². The fraction of sp³-hybridized carbons (Fsp3) is 0.200. The topological polar surface area (TPSA) is 62.8 Å². The molecule has 0 amide bonds. The summed E-state index contributed by atoms with van der Waals surface area (Å²) in [5.74, 6) is 0.0207. The normalized spacial score (nSPS) is 10.3. The van der Waals surface area contributed by atoms with Crippen molar-refractivity contribution in [2.45, 2.75) is 19.8 Å². The van der Waals surface area contributed by atoms with E-state index in [9.17, 15) is 0 Å². The minimum absolute atomic E-state index is 0.0207. The Hall–Kier alpha value is -2.16. The van der Waals surface area contributed by atoms with Crippen LogP contribution in [0.15, 0.2) is 42.6 Å². The number of rotatable bonds is 4. The third kappa shape index (κ3) is 3.17. The van der Waals surface area contributed by atoms with Gasteiger partial charge >= 0.3 is 0 Å². The highest BCUT2D eigenvalue weighted by Crippen LogP contribution is 2.09. The average molecular weight is 239 g/mol. The average Bonchev–Trinajstić information content (AvgIpc) is 2.37. The van der Waals surface area contributed by atoms with E-state index in [1.54, 1.807) is 6.20 Å². The van der Waals surface area contributed by atoms with Crippen LogP contribution in [0.5, 0.6) is 0 Å². The minimum atomic E-state index is 0.0207. The van der Waals surface area contributed by atoms with Crippen molar-refractivity contribution < 1.29 is 0 Å². The summed E-state index contributed by atoms with van der Waals surface area (Å²) < 4.78 is 0. The molecule has 3 nitrogen and oxygen atoms in total. The van der Waals surface area contributed by atoms with E-state index in [0.717, 1.165) is 18.4 Å². The number of nitrogens with two attached hydrogens (primary N) is 1.